The highest BCUT2D eigenvalue weighted by atomic mass is 17.0. The molecular weight excluding hydrogens is 318 g/mol. The van der Waals surface area contributed by atoms with E-state index in [1.165, 1.54) is 20.3 Å². The Morgan fingerprint density at radius 2 is 2.08 bits per heavy atom. The van der Waals surface area contributed by atoms with Gasteiger partial charge in [-0.15, -0.1) is 10.1 Å². The summed E-state index contributed by atoms with van der Waals surface area (Å²) in [6.07, 6.45) is 3.54. The lowest BCUT2D eigenvalue weighted by Crippen LogP contribution is -2.14. The molecule has 0 radical (unpaired) electrons. The standard InChI is InChI=1S/C16H21NO7/c1-12(24-17(19)20)5-4-10-23-14-8-6-13(11-15(14)21-2)7-9-16(18)22-3/h6-9,11-12H,4-5,10H2,1-3H3. The highest BCUT2D eigenvalue weighted by Gasteiger charge is 2.08. The van der Waals surface area contributed by atoms with Crippen LogP contribution >= 0.6 is 0 Å². The van der Waals surface area contributed by atoms with Crippen molar-refractivity contribution in [1.82, 2.24) is 0 Å². The monoisotopic (exact) mass is 339 g/mol. The Kier molecular flexibility index (Phi) is 8.10. The number of ether oxygens (including phenoxy) is 3. The quantitative estimate of drug-likeness (QED) is 0.212. The predicted octanol–water partition coefficient (Wildman–Crippen LogP) is 2.64. The van der Waals surface area contributed by atoms with E-state index in [0.717, 1.165) is 5.56 Å². The first-order chi connectivity index (χ1) is 11.5. The van der Waals surface area contributed by atoms with Crippen molar-refractivity contribution < 1.29 is 28.9 Å². The van der Waals surface area contributed by atoms with Crippen LogP contribution in [0, 0.1) is 10.1 Å². The minimum absolute atomic E-state index is 0.374. The summed E-state index contributed by atoms with van der Waals surface area (Å²) in [7, 11) is 2.82. The number of esters is 1. The summed E-state index contributed by atoms with van der Waals surface area (Å²) < 4.78 is 15.4. The smallest absolute Gasteiger partial charge is 0.330 e. The molecule has 0 fully saturated rings. The largest absolute Gasteiger partial charge is 0.493 e. The summed E-state index contributed by atoms with van der Waals surface area (Å²) in [4.78, 5) is 25.7. The van der Waals surface area contributed by atoms with E-state index in [0.29, 0.717) is 30.9 Å². The van der Waals surface area contributed by atoms with Gasteiger partial charge in [-0.05, 0) is 43.5 Å². The molecule has 1 atom stereocenters. The van der Waals surface area contributed by atoms with Gasteiger partial charge >= 0.3 is 5.97 Å². The zero-order valence-electron chi connectivity index (χ0n) is 13.9. The van der Waals surface area contributed by atoms with Gasteiger partial charge in [-0.3, -0.25) is 0 Å². The van der Waals surface area contributed by atoms with Gasteiger partial charge in [-0.1, -0.05) is 6.07 Å². The normalized spacial score (nSPS) is 11.8. The molecule has 0 saturated carbocycles. The molecule has 0 aromatic heterocycles. The number of methoxy groups -OCH3 is 2. The zero-order chi connectivity index (χ0) is 17.9. The van der Waals surface area contributed by atoms with Crippen LogP contribution in [0.5, 0.6) is 11.5 Å². The minimum atomic E-state index is -0.797. The van der Waals surface area contributed by atoms with Gasteiger partial charge in [0.1, 0.15) is 6.10 Å². The number of rotatable bonds is 10. The molecule has 0 amide bonds. The number of hydrogen-bond acceptors (Lipinski definition) is 7. The molecule has 1 unspecified atom stereocenters. The van der Waals surface area contributed by atoms with Crippen LogP contribution < -0.4 is 9.47 Å². The second-order valence-electron chi connectivity index (χ2n) is 4.90. The third kappa shape index (κ3) is 6.99. The van der Waals surface area contributed by atoms with Crippen molar-refractivity contribution >= 4 is 12.0 Å². The maximum absolute atomic E-state index is 11.1. The molecule has 0 aliphatic carbocycles. The molecule has 1 rings (SSSR count). The fraction of sp³-hybridized carbons (Fsp3) is 0.438. The fourth-order valence-electron chi connectivity index (χ4n) is 1.89. The Balaban J connectivity index is 2.55. The number of benzene rings is 1. The van der Waals surface area contributed by atoms with E-state index in [1.807, 2.05) is 0 Å². The molecule has 0 bridgehead atoms. The first-order valence-electron chi connectivity index (χ1n) is 7.34. The van der Waals surface area contributed by atoms with E-state index < -0.39 is 17.2 Å². The van der Waals surface area contributed by atoms with Crippen molar-refractivity contribution in [3.63, 3.8) is 0 Å². The van der Waals surface area contributed by atoms with E-state index in [4.69, 9.17) is 9.47 Å². The summed E-state index contributed by atoms with van der Waals surface area (Å²) in [5.41, 5.74) is 0.762. The SMILES string of the molecule is COC(=O)C=Cc1ccc(OCCCC(C)O[N+](=O)[O-])c(OC)c1. The van der Waals surface area contributed by atoms with Crippen molar-refractivity contribution in [2.75, 3.05) is 20.8 Å². The minimum Gasteiger partial charge on any atom is -0.493 e. The molecule has 132 valence electrons. The average Bonchev–Trinajstić information content (AvgIpc) is 2.56. The van der Waals surface area contributed by atoms with Gasteiger partial charge in [0.15, 0.2) is 11.5 Å². The van der Waals surface area contributed by atoms with Gasteiger partial charge in [-0.25, -0.2) is 4.79 Å². The van der Waals surface area contributed by atoms with Crippen LogP contribution in [0.3, 0.4) is 0 Å². The van der Waals surface area contributed by atoms with Crippen molar-refractivity contribution in [1.29, 1.82) is 0 Å². The molecule has 0 aliphatic rings. The summed E-state index contributed by atoms with van der Waals surface area (Å²) in [5.74, 6) is 0.632. The van der Waals surface area contributed by atoms with Gasteiger partial charge in [-0.2, -0.15) is 0 Å². The maximum Gasteiger partial charge on any atom is 0.330 e. The first-order valence-corrected chi connectivity index (χ1v) is 7.34. The molecule has 24 heavy (non-hydrogen) atoms. The number of carbonyl (C=O) groups excluding carboxylic acids is 1. The van der Waals surface area contributed by atoms with E-state index in [-0.39, 0.29) is 0 Å². The lowest BCUT2D eigenvalue weighted by Gasteiger charge is -2.12. The molecule has 0 saturated heterocycles. The molecule has 0 spiro atoms. The Morgan fingerprint density at radius 3 is 2.71 bits per heavy atom. The molecule has 8 heteroatoms. The molecule has 8 nitrogen and oxygen atoms in total. The maximum atomic E-state index is 11.1. The number of nitrogens with zero attached hydrogens (tertiary/aromatic N) is 1. The van der Waals surface area contributed by atoms with E-state index in [1.54, 1.807) is 31.2 Å². The van der Waals surface area contributed by atoms with Crippen molar-refractivity contribution in [3.05, 3.63) is 40.0 Å². The summed E-state index contributed by atoms with van der Waals surface area (Å²) >= 11 is 0. The van der Waals surface area contributed by atoms with Gasteiger partial charge in [0.25, 0.3) is 5.09 Å². The van der Waals surface area contributed by atoms with Crippen LogP contribution in [0.2, 0.25) is 0 Å². The van der Waals surface area contributed by atoms with Crippen LogP contribution in [0.25, 0.3) is 6.08 Å². The molecule has 1 aromatic rings. The summed E-state index contributed by atoms with van der Waals surface area (Å²) in [6, 6.07) is 5.23. The Morgan fingerprint density at radius 1 is 1.33 bits per heavy atom. The molecule has 0 aliphatic heterocycles. The van der Waals surface area contributed by atoms with Crippen molar-refractivity contribution in [2.24, 2.45) is 0 Å². The highest BCUT2D eigenvalue weighted by Crippen LogP contribution is 2.28. The zero-order valence-corrected chi connectivity index (χ0v) is 13.9. The highest BCUT2D eigenvalue weighted by molar-refractivity contribution is 5.87. The summed E-state index contributed by atoms with van der Waals surface area (Å²) in [5, 5.41) is 9.40. The molecular formula is C16H21NO7. The van der Waals surface area contributed by atoms with Crippen LogP contribution in [-0.4, -0.2) is 38.0 Å². The lowest BCUT2D eigenvalue weighted by molar-refractivity contribution is -0.767. The molecule has 1 aromatic carbocycles. The van der Waals surface area contributed by atoms with E-state index in [9.17, 15) is 14.9 Å². The van der Waals surface area contributed by atoms with Crippen LogP contribution in [0.4, 0.5) is 0 Å². The van der Waals surface area contributed by atoms with Crippen LogP contribution in [-0.2, 0) is 14.4 Å². The number of carbonyl (C=O) groups is 1. The topological polar surface area (TPSA) is 97.1 Å². The second-order valence-corrected chi connectivity index (χ2v) is 4.90. The number of hydrogen-bond donors (Lipinski definition) is 0. The van der Waals surface area contributed by atoms with Gasteiger partial charge in [0, 0.05) is 6.08 Å². The van der Waals surface area contributed by atoms with Crippen LogP contribution in [0.1, 0.15) is 25.3 Å². The Bertz CT molecular complexity index is 586. The fourth-order valence-corrected chi connectivity index (χ4v) is 1.89. The lowest BCUT2D eigenvalue weighted by atomic mass is 10.2. The third-order valence-corrected chi connectivity index (χ3v) is 3.08. The Hall–Kier alpha value is -2.77. The average molecular weight is 339 g/mol. The van der Waals surface area contributed by atoms with Gasteiger partial charge in [0.2, 0.25) is 0 Å². The first kappa shape index (κ1) is 19.3. The summed E-state index contributed by atoms with van der Waals surface area (Å²) in [6.45, 7) is 2.00. The molecule has 0 heterocycles. The van der Waals surface area contributed by atoms with Crippen molar-refractivity contribution in [3.8, 4) is 11.5 Å². The predicted molar refractivity (Wildman–Crippen MR) is 86.3 cm³/mol. The van der Waals surface area contributed by atoms with Crippen LogP contribution in [0.15, 0.2) is 24.3 Å². The van der Waals surface area contributed by atoms with E-state index >= 15 is 0 Å². The van der Waals surface area contributed by atoms with Gasteiger partial charge in [0.05, 0.1) is 20.8 Å². The van der Waals surface area contributed by atoms with Gasteiger partial charge < -0.3 is 19.0 Å². The van der Waals surface area contributed by atoms with E-state index in [2.05, 4.69) is 9.57 Å². The second kappa shape index (κ2) is 10.1. The Labute approximate surface area is 140 Å². The van der Waals surface area contributed by atoms with Crippen molar-refractivity contribution in [2.45, 2.75) is 25.9 Å². The third-order valence-electron chi connectivity index (χ3n) is 3.08. The molecule has 0 N–H and O–H groups in total.